The summed E-state index contributed by atoms with van der Waals surface area (Å²) in [5.74, 6) is 0.550. The minimum atomic E-state index is -0.197. The number of anilines is 1. The van der Waals surface area contributed by atoms with Crippen molar-refractivity contribution in [1.82, 2.24) is 5.32 Å². The maximum Gasteiger partial charge on any atom is 0.251 e. The van der Waals surface area contributed by atoms with Crippen molar-refractivity contribution >= 4 is 17.5 Å². The molecule has 24 heavy (non-hydrogen) atoms. The third-order valence-electron chi connectivity index (χ3n) is 4.11. The molecule has 0 bridgehead atoms. The second-order valence-electron chi connectivity index (χ2n) is 5.95. The number of rotatable bonds is 4. The second-order valence-corrected chi connectivity index (χ2v) is 5.95. The van der Waals surface area contributed by atoms with Gasteiger partial charge >= 0.3 is 0 Å². The molecule has 0 saturated carbocycles. The van der Waals surface area contributed by atoms with E-state index >= 15 is 0 Å². The summed E-state index contributed by atoms with van der Waals surface area (Å²) < 4.78 is 5.20. The van der Waals surface area contributed by atoms with Gasteiger partial charge in [-0.15, -0.1) is 0 Å². The van der Waals surface area contributed by atoms with Gasteiger partial charge in [0.05, 0.1) is 13.2 Å². The van der Waals surface area contributed by atoms with Gasteiger partial charge in [0, 0.05) is 30.3 Å². The number of ether oxygens (including phenoxy) is 1. The van der Waals surface area contributed by atoms with Gasteiger partial charge in [-0.1, -0.05) is 23.8 Å². The second kappa shape index (κ2) is 6.74. The molecule has 5 heteroatoms. The Labute approximate surface area is 141 Å². The van der Waals surface area contributed by atoms with Gasteiger partial charge in [-0.3, -0.25) is 9.59 Å². The lowest BCUT2D eigenvalue weighted by Crippen LogP contribution is -2.37. The maximum absolute atomic E-state index is 12.3. The van der Waals surface area contributed by atoms with E-state index in [1.165, 1.54) is 0 Å². The minimum Gasteiger partial charge on any atom is -0.497 e. The Morgan fingerprint density at radius 1 is 1.21 bits per heavy atom. The van der Waals surface area contributed by atoms with E-state index in [1.54, 1.807) is 18.1 Å². The van der Waals surface area contributed by atoms with Gasteiger partial charge < -0.3 is 15.0 Å². The smallest absolute Gasteiger partial charge is 0.251 e. The highest BCUT2D eigenvalue weighted by atomic mass is 16.5. The molecule has 1 aliphatic heterocycles. The quantitative estimate of drug-likeness (QED) is 0.940. The van der Waals surface area contributed by atoms with Gasteiger partial charge in [-0.2, -0.15) is 0 Å². The summed E-state index contributed by atoms with van der Waals surface area (Å²) >= 11 is 0. The molecule has 0 spiro atoms. The largest absolute Gasteiger partial charge is 0.497 e. The fourth-order valence-electron chi connectivity index (χ4n) is 2.89. The van der Waals surface area contributed by atoms with Crippen LogP contribution in [0.3, 0.4) is 0 Å². The predicted molar refractivity (Wildman–Crippen MR) is 92.4 cm³/mol. The van der Waals surface area contributed by atoms with Gasteiger partial charge in [-0.25, -0.2) is 0 Å². The van der Waals surface area contributed by atoms with E-state index in [-0.39, 0.29) is 17.9 Å². The maximum atomic E-state index is 12.3. The van der Waals surface area contributed by atoms with Crippen LogP contribution in [0.2, 0.25) is 0 Å². The average molecular weight is 324 g/mol. The highest BCUT2D eigenvalue weighted by Gasteiger charge is 2.31. The molecule has 1 atom stereocenters. The van der Waals surface area contributed by atoms with Crippen molar-refractivity contribution in [2.24, 2.45) is 0 Å². The van der Waals surface area contributed by atoms with Crippen LogP contribution in [-0.2, 0) is 4.79 Å². The summed E-state index contributed by atoms with van der Waals surface area (Å²) in [4.78, 5) is 26.3. The standard InChI is InChI=1S/C19H20N2O3/c1-13-5-3-6-14(9-13)19(23)20-15-10-18(22)21(12-15)16-7-4-8-17(11-16)24-2/h3-9,11,15H,10,12H2,1-2H3,(H,20,23)/t15-/m1/s1. The van der Waals surface area contributed by atoms with E-state index in [2.05, 4.69) is 5.32 Å². The number of hydrogen-bond donors (Lipinski definition) is 1. The summed E-state index contributed by atoms with van der Waals surface area (Å²) in [7, 11) is 1.59. The van der Waals surface area contributed by atoms with Crippen LogP contribution >= 0.6 is 0 Å². The normalized spacial score (nSPS) is 17.0. The fraction of sp³-hybridized carbons (Fsp3) is 0.263. The zero-order valence-corrected chi connectivity index (χ0v) is 13.8. The molecule has 0 unspecified atom stereocenters. The first-order valence-corrected chi connectivity index (χ1v) is 7.89. The lowest BCUT2D eigenvalue weighted by Gasteiger charge is -2.18. The van der Waals surface area contributed by atoms with Crippen molar-refractivity contribution in [3.8, 4) is 5.75 Å². The third-order valence-corrected chi connectivity index (χ3v) is 4.11. The van der Waals surface area contributed by atoms with Gasteiger partial charge in [0.25, 0.3) is 5.91 Å². The number of aryl methyl sites for hydroxylation is 1. The van der Waals surface area contributed by atoms with Crippen molar-refractivity contribution in [3.05, 3.63) is 59.7 Å². The first kappa shape index (κ1) is 16.1. The van der Waals surface area contributed by atoms with Crippen LogP contribution in [0.5, 0.6) is 5.75 Å². The zero-order valence-electron chi connectivity index (χ0n) is 13.8. The van der Waals surface area contributed by atoms with Gasteiger partial charge in [0.1, 0.15) is 5.75 Å². The molecular formula is C19H20N2O3. The highest BCUT2D eigenvalue weighted by Crippen LogP contribution is 2.25. The van der Waals surface area contributed by atoms with E-state index < -0.39 is 0 Å². The topological polar surface area (TPSA) is 58.6 Å². The van der Waals surface area contributed by atoms with Gasteiger partial charge in [0.15, 0.2) is 0 Å². The summed E-state index contributed by atoms with van der Waals surface area (Å²) in [6.07, 6.45) is 0.300. The molecule has 2 aromatic carbocycles. The number of nitrogens with zero attached hydrogens (tertiary/aromatic N) is 1. The van der Waals surface area contributed by atoms with Crippen molar-refractivity contribution in [3.63, 3.8) is 0 Å². The molecule has 5 nitrogen and oxygen atoms in total. The summed E-state index contributed by atoms with van der Waals surface area (Å²) in [6.45, 7) is 2.41. The van der Waals surface area contributed by atoms with Crippen LogP contribution < -0.4 is 15.0 Å². The lowest BCUT2D eigenvalue weighted by atomic mass is 10.1. The van der Waals surface area contributed by atoms with E-state index in [0.29, 0.717) is 24.3 Å². The van der Waals surface area contributed by atoms with Crippen LogP contribution in [-0.4, -0.2) is 31.5 Å². The third kappa shape index (κ3) is 3.40. The molecular weight excluding hydrogens is 304 g/mol. The number of amides is 2. The number of carbonyl (C=O) groups is 2. The summed E-state index contributed by atoms with van der Waals surface area (Å²) in [5, 5.41) is 2.95. The Kier molecular flexibility index (Phi) is 4.51. The number of nitrogens with one attached hydrogen (secondary N) is 1. The lowest BCUT2D eigenvalue weighted by molar-refractivity contribution is -0.117. The Bertz CT molecular complexity index is 773. The van der Waals surface area contributed by atoms with E-state index in [4.69, 9.17) is 4.74 Å². The van der Waals surface area contributed by atoms with Crippen molar-refractivity contribution in [2.45, 2.75) is 19.4 Å². The van der Waals surface area contributed by atoms with Crippen molar-refractivity contribution in [2.75, 3.05) is 18.6 Å². The minimum absolute atomic E-state index is 0.00204. The summed E-state index contributed by atoms with van der Waals surface area (Å²) in [6, 6.07) is 14.6. The van der Waals surface area contributed by atoms with Crippen molar-refractivity contribution in [1.29, 1.82) is 0 Å². The highest BCUT2D eigenvalue weighted by molar-refractivity contribution is 5.99. The molecule has 124 valence electrons. The van der Waals surface area contributed by atoms with Gasteiger partial charge in [0.2, 0.25) is 5.91 Å². The van der Waals surface area contributed by atoms with Crippen LogP contribution in [0, 0.1) is 6.92 Å². The van der Waals surface area contributed by atoms with E-state index in [9.17, 15) is 9.59 Å². The number of benzene rings is 2. The first-order valence-electron chi connectivity index (χ1n) is 7.89. The molecule has 3 rings (SSSR count). The van der Waals surface area contributed by atoms with Crippen LogP contribution in [0.4, 0.5) is 5.69 Å². The average Bonchev–Trinajstić information content (AvgIpc) is 2.95. The Hall–Kier alpha value is -2.82. The monoisotopic (exact) mass is 324 g/mol. The Morgan fingerprint density at radius 3 is 2.75 bits per heavy atom. The molecule has 0 aromatic heterocycles. The molecule has 0 radical (unpaired) electrons. The molecule has 1 saturated heterocycles. The van der Waals surface area contributed by atoms with Crippen LogP contribution in [0.1, 0.15) is 22.3 Å². The van der Waals surface area contributed by atoms with Crippen LogP contribution in [0.15, 0.2) is 48.5 Å². The molecule has 1 N–H and O–H groups in total. The van der Waals surface area contributed by atoms with Crippen molar-refractivity contribution < 1.29 is 14.3 Å². The molecule has 2 aromatic rings. The summed E-state index contributed by atoms with van der Waals surface area (Å²) in [5.41, 5.74) is 2.43. The molecule has 1 aliphatic rings. The predicted octanol–water partition coefficient (Wildman–Crippen LogP) is 2.54. The number of hydrogen-bond acceptors (Lipinski definition) is 3. The Balaban J connectivity index is 1.69. The molecule has 1 heterocycles. The number of carbonyl (C=O) groups excluding carboxylic acids is 2. The van der Waals surface area contributed by atoms with E-state index in [0.717, 1.165) is 11.3 Å². The molecule has 2 amide bonds. The first-order chi connectivity index (χ1) is 11.6. The Morgan fingerprint density at radius 2 is 2.00 bits per heavy atom. The SMILES string of the molecule is COc1cccc(N2C[C@H](NC(=O)c3cccc(C)c3)CC2=O)c1. The van der Waals surface area contributed by atoms with E-state index in [1.807, 2.05) is 49.4 Å². The molecule has 0 aliphatic carbocycles. The van der Waals surface area contributed by atoms with Crippen LogP contribution in [0.25, 0.3) is 0 Å². The van der Waals surface area contributed by atoms with Gasteiger partial charge in [-0.05, 0) is 31.2 Å². The zero-order chi connectivity index (χ0) is 17.1. The fourth-order valence-corrected chi connectivity index (χ4v) is 2.89. The number of methoxy groups -OCH3 is 1. The molecule has 1 fully saturated rings.